The van der Waals surface area contributed by atoms with Crippen molar-refractivity contribution in [1.29, 1.82) is 0 Å². The standard InChI is InChI=1S/C20H19NO5S/c1-20(17(22)12-13-18(26-20)25-19(23)21-2)14-8-10-16(11-9-14)27(24)15-6-4-3-5-7-15/h3-13,18H,1-2H3,(H,21,23)/t18-,20+,27?/m1/s1. The molecule has 7 heteroatoms. The van der Waals surface area contributed by atoms with Gasteiger partial charge in [-0.15, -0.1) is 0 Å². The van der Waals surface area contributed by atoms with E-state index in [1.165, 1.54) is 19.2 Å². The summed E-state index contributed by atoms with van der Waals surface area (Å²) in [6.45, 7) is 1.61. The maximum Gasteiger partial charge on any atom is 0.409 e. The Hall–Kier alpha value is -2.77. The minimum atomic E-state index is -1.32. The van der Waals surface area contributed by atoms with Crippen LogP contribution in [0.25, 0.3) is 0 Å². The number of carbonyl (C=O) groups excluding carboxylic acids is 2. The van der Waals surface area contributed by atoms with E-state index in [9.17, 15) is 13.8 Å². The quantitative estimate of drug-likeness (QED) is 0.875. The first-order valence-electron chi connectivity index (χ1n) is 8.30. The van der Waals surface area contributed by atoms with E-state index >= 15 is 0 Å². The molecule has 1 unspecified atom stereocenters. The summed E-state index contributed by atoms with van der Waals surface area (Å²) in [5.74, 6) is -0.267. The molecule has 1 aliphatic heterocycles. The number of carbonyl (C=O) groups is 2. The van der Waals surface area contributed by atoms with E-state index in [0.29, 0.717) is 15.4 Å². The fourth-order valence-electron chi connectivity index (χ4n) is 2.67. The monoisotopic (exact) mass is 385 g/mol. The lowest BCUT2D eigenvalue weighted by Crippen LogP contribution is -2.43. The lowest BCUT2D eigenvalue weighted by molar-refractivity contribution is -0.177. The van der Waals surface area contributed by atoms with Crippen molar-refractivity contribution in [1.82, 2.24) is 5.32 Å². The zero-order valence-corrected chi connectivity index (χ0v) is 15.7. The smallest absolute Gasteiger partial charge is 0.409 e. The Balaban J connectivity index is 1.83. The molecule has 0 aromatic heterocycles. The average molecular weight is 385 g/mol. The number of ketones is 1. The first-order valence-corrected chi connectivity index (χ1v) is 9.45. The van der Waals surface area contributed by atoms with Gasteiger partial charge in [-0.05, 0) is 48.9 Å². The second-order valence-corrected chi connectivity index (χ2v) is 7.48. The van der Waals surface area contributed by atoms with Gasteiger partial charge in [0.05, 0.1) is 10.8 Å². The van der Waals surface area contributed by atoms with Crippen LogP contribution in [0.3, 0.4) is 0 Å². The molecule has 27 heavy (non-hydrogen) atoms. The van der Waals surface area contributed by atoms with Gasteiger partial charge in [-0.25, -0.2) is 9.00 Å². The van der Waals surface area contributed by atoms with Crippen LogP contribution in [0.15, 0.2) is 76.5 Å². The summed E-state index contributed by atoms with van der Waals surface area (Å²) < 4.78 is 23.4. The SMILES string of the molecule is CNC(=O)O[C@H]1C=CC(=O)[C@](C)(c2ccc(S(=O)c3ccccc3)cc2)O1. The highest BCUT2D eigenvalue weighted by atomic mass is 32.2. The van der Waals surface area contributed by atoms with Gasteiger partial charge >= 0.3 is 6.09 Å². The summed E-state index contributed by atoms with van der Waals surface area (Å²) in [6, 6.07) is 15.9. The number of alkyl carbamates (subject to hydrolysis) is 1. The Labute approximate surface area is 159 Å². The van der Waals surface area contributed by atoms with Crippen LogP contribution < -0.4 is 5.32 Å². The predicted octanol–water partition coefficient (Wildman–Crippen LogP) is 2.91. The van der Waals surface area contributed by atoms with Crippen LogP contribution in [-0.2, 0) is 30.7 Å². The number of nitrogens with one attached hydrogen (secondary N) is 1. The number of rotatable bonds is 4. The number of benzene rings is 2. The van der Waals surface area contributed by atoms with Crippen LogP contribution in [0.5, 0.6) is 0 Å². The van der Waals surface area contributed by atoms with E-state index in [0.717, 1.165) is 0 Å². The maximum atomic E-state index is 12.6. The molecule has 3 rings (SSSR count). The molecule has 3 atom stereocenters. The molecule has 0 aliphatic carbocycles. The molecule has 0 fully saturated rings. The van der Waals surface area contributed by atoms with Crippen molar-refractivity contribution in [2.45, 2.75) is 28.6 Å². The fraction of sp³-hybridized carbons (Fsp3) is 0.200. The lowest BCUT2D eigenvalue weighted by atomic mass is 9.89. The topological polar surface area (TPSA) is 81.7 Å². The summed E-state index contributed by atoms with van der Waals surface area (Å²) in [5, 5.41) is 2.33. The normalized spacial score (nSPS) is 22.9. The van der Waals surface area contributed by atoms with E-state index in [1.807, 2.05) is 18.2 Å². The molecule has 1 N–H and O–H groups in total. The molecule has 0 spiro atoms. The number of amides is 1. The van der Waals surface area contributed by atoms with Gasteiger partial charge in [-0.1, -0.05) is 30.3 Å². The van der Waals surface area contributed by atoms with Crippen LogP contribution in [0.4, 0.5) is 4.79 Å². The number of ether oxygens (including phenoxy) is 2. The Kier molecular flexibility index (Phi) is 5.53. The first kappa shape index (κ1) is 19.0. The Morgan fingerprint density at radius 2 is 1.74 bits per heavy atom. The van der Waals surface area contributed by atoms with Crippen LogP contribution in [0.1, 0.15) is 12.5 Å². The fourth-order valence-corrected chi connectivity index (χ4v) is 3.73. The molecule has 0 saturated carbocycles. The third-order valence-corrected chi connectivity index (χ3v) is 5.63. The van der Waals surface area contributed by atoms with Crippen LogP contribution >= 0.6 is 0 Å². The van der Waals surface area contributed by atoms with Gasteiger partial charge < -0.3 is 14.8 Å². The van der Waals surface area contributed by atoms with Gasteiger partial charge in [-0.3, -0.25) is 4.79 Å². The zero-order chi connectivity index (χ0) is 19.4. The average Bonchev–Trinajstić information content (AvgIpc) is 2.71. The molecule has 6 nitrogen and oxygen atoms in total. The Morgan fingerprint density at radius 1 is 1.11 bits per heavy atom. The molecule has 140 valence electrons. The molecule has 1 heterocycles. The molecular weight excluding hydrogens is 366 g/mol. The van der Waals surface area contributed by atoms with E-state index in [4.69, 9.17) is 9.47 Å². The van der Waals surface area contributed by atoms with Crippen molar-refractivity contribution in [2.75, 3.05) is 7.05 Å². The second-order valence-electron chi connectivity index (χ2n) is 6.00. The lowest BCUT2D eigenvalue weighted by Gasteiger charge is -2.33. The maximum absolute atomic E-state index is 12.6. The van der Waals surface area contributed by atoms with Gasteiger partial charge in [0.15, 0.2) is 11.4 Å². The van der Waals surface area contributed by atoms with Crippen molar-refractivity contribution in [3.05, 3.63) is 72.3 Å². The molecule has 1 aliphatic rings. The summed E-state index contributed by atoms with van der Waals surface area (Å²) in [4.78, 5) is 25.1. The van der Waals surface area contributed by atoms with Crippen LogP contribution in [0, 0.1) is 0 Å². The van der Waals surface area contributed by atoms with Gasteiger partial charge in [0.2, 0.25) is 6.29 Å². The first-order chi connectivity index (χ1) is 12.9. The van der Waals surface area contributed by atoms with E-state index in [2.05, 4.69) is 5.32 Å². The van der Waals surface area contributed by atoms with Crippen LogP contribution in [0.2, 0.25) is 0 Å². The van der Waals surface area contributed by atoms with Crippen molar-refractivity contribution in [3.63, 3.8) is 0 Å². The highest BCUT2D eigenvalue weighted by Gasteiger charge is 2.40. The molecular formula is C20H19NO5S. The molecule has 1 amide bonds. The molecule has 2 aromatic rings. The molecule has 2 aromatic carbocycles. The van der Waals surface area contributed by atoms with Crippen molar-refractivity contribution in [2.24, 2.45) is 0 Å². The largest absolute Gasteiger partial charge is 0.416 e. The van der Waals surface area contributed by atoms with Crippen molar-refractivity contribution < 1.29 is 23.3 Å². The second kappa shape index (κ2) is 7.85. The number of hydrogen-bond acceptors (Lipinski definition) is 5. The zero-order valence-electron chi connectivity index (χ0n) is 14.9. The Morgan fingerprint density at radius 3 is 2.37 bits per heavy atom. The predicted molar refractivity (Wildman–Crippen MR) is 99.5 cm³/mol. The molecule has 0 bridgehead atoms. The van der Waals surface area contributed by atoms with Crippen LogP contribution in [-0.4, -0.2) is 29.4 Å². The number of hydrogen-bond donors (Lipinski definition) is 1. The summed E-state index contributed by atoms with van der Waals surface area (Å²) >= 11 is 0. The summed E-state index contributed by atoms with van der Waals surface area (Å²) in [7, 11) is 0.120. The van der Waals surface area contributed by atoms with Gasteiger partial charge in [0, 0.05) is 16.8 Å². The minimum absolute atomic E-state index is 0.267. The third-order valence-electron chi connectivity index (χ3n) is 4.23. The van der Waals surface area contributed by atoms with E-state index < -0.39 is 28.8 Å². The van der Waals surface area contributed by atoms with E-state index in [1.54, 1.807) is 43.3 Å². The Bertz CT molecular complexity index is 894. The van der Waals surface area contributed by atoms with Crippen molar-refractivity contribution in [3.8, 4) is 0 Å². The summed E-state index contributed by atoms with van der Waals surface area (Å²) in [5.41, 5.74) is -0.726. The van der Waals surface area contributed by atoms with Gasteiger partial charge in [0.25, 0.3) is 0 Å². The van der Waals surface area contributed by atoms with Gasteiger partial charge in [0.1, 0.15) is 0 Å². The summed E-state index contributed by atoms with van der Waals surface area (Å²) in [6.07, 6.45) is 1.09. The minimum Gasteiger partial charge on any atom is -0.416 e. The van der Waals surface area contributed by atoms with Gasteiger partial charge in [-0.2, -0.15) is 0 Å². The highest BCUT2D eigenvalue weighted by molar-refractivity contribution is 7.85. The van der Waals surface area contributed by atoms with E-state index in [-0.39, 0.29) is 5.78 Å². The molecule has 0 radical (unpaired) electrons. The highest BCUT2D eigenvalue weighted by Crippen LogP contribution is 2.33. The molecule has 0 saturated heterocycles. The third kappa shape index (κ3) is 3.99. The van der Waals surface area contributed by atoms with Crippen molar-refractivity contribution >= 4 is 22.7 Å².